The van der Waals surface area contributed by atoms with Crippen molar-refractivity contribution < 1.29 is 37.2 Å². The first-order chi connectivity index (χ1) is 41.0. The molecule has 9 aromatic carbocycles. The molecule has 4 heterocycles. The van der Waals surface area contributed by atoms with Crippen molar-refractivity contribution >= 4 is 32.8 Å². The molecule has 2 aliphatic rings. The van der Waals surface area contributed by atoms with Crippen LogP contribution >= 0.6 is 0 Å². The number of para-hydroxylation sites is 2. The number of ether oxygens (including phenoxy) is 1. The van der Waals surface area contributed by atoms with Gasteiger partial charge in [0.25, 0.3) is 6.33 Å². The third kappa shape index (κ3) is 8.86. The van der Waals surface area contributed by atoms with E-state index in [0.717, 1.165) is 96.2 Å². The van der Waals surface area contributed by atoms with Crippen LogP contribution in [0, 0.1) is 18.5 Å². The van der Waals surface area contributed by atoms with E-state index in [4.69, 9.17) is 13.8 Å². The molecular formula is C76H66N4OPt-2. The predicted molar refractivity (Wildman–Crippen MR) is 333 cm³/mol. The Bertz CT molecular complexity index is 4800. The van der Waals surface area contributed by atoms with Crippen molar-refractivity contribution in [2.24, 2.45) is 0 Å². The maximum Gasteiger partial charge on any atom is 0.268 e. The van der Waals surface area contributed by atoms with Gasteiger partial charge in [0.15, 0.2) is 0 Å². The second-order valence-electron chi connectivity index (χ2n) is 25.5. The van der Waals surface area contributed by atoms with Gasteiger partial charge in [-0.25, -0.2) is 4.98 Å². The van der Waals surface area contributed by atoms with E-state index in [1.165, 1.54) is 22.3 Å². The Balaban J connectivity index is 0.00000700. The van der Waals surface area contributed by atoms with Gasteiger partial charge in [-0.05, 0) is 154 Å². The average Bonchev–Trinajstić information content (AvgIpc) is 1.68. The van der Waals surface area contributed by atoms with Gasteiger partial charge in [-0.3, -0.25) is 4.57 Å². The minimum Gasteiger partial charge on any atom is -0.510 e. The van der Waals surface area contributed by atoms with Gasteiger partial charge in [-0.15, -0.1) is 29.7 Å². The Kier molecular flexibility index (Phi) is 11.3. The van der Waals surface area contributed by atoms with E-state index in [9.17, 15) is 2.74 Å². The van der Waals surface area contributed by atoms with E-state index in [1.807, 2.05) is 53.2 Å². The number of rotatable bonds is 6. The number of benzene rings is 9. The first-order valence-electron chi connectivity index (χ1n) is 30.7. The molecular weight excluding hydrogens is 1180 g/mol. The van der Waals surface area contributed by atoms with E-state index in [2.05, 4.69) is 212 Å². The number of aromatic nitrogens is 4. The van der Waals surface area contributed by atoms with Crippen molar-refractivity contribution in [2.45, 2.75) is 104 Å². The summed E-state index contributed by atoms with van der Waals surface area (Å²) in [6.07, 6.45) is 7.91. The Morgan fingerprint density at radius 3 is 1.89 bits per heavy atom. The molecule has 12 aromatic rings. The van der Waals surface area contributed by atoms with Crippen molar-refractivity contribution in [3.05, 3.63) is 235 Å². The van der Waals surface area contributed by atoms with Crippen LogP contribution in [0.1, 0.15) is 111 Å². The van der Waals surface area contributed by atoms with Crippen molar-refractivity contribution in [3.8, 4) is 84.3 Å². The summed E-state index contributed by atoms with van der Waals surface area (Å²) in [7, 11) is 0. The Labute approximate surface area is 504 Å². The molecule has 0 bridgehead atoms. The summed E-state index contributed by atoms with van der Waals surface area (Å²) in [5, 5.41) is 2.10. The molecule has 0 radical (unpaired) electrons. The number of nitrogens with zero attached hydrogens (tertiary/aromatic N) is 4. The van der Waals surface area contributed by atoms with E-state index >= 15 is 0 Å². The van der Waals surface area contributed by atoms with Crippen LogP contribution in [0.5, 0.6) is 11.5 Å². The molecule has 0 saturated carbocycles. The molecule has 1 aliphatic carbocycles. The summed E-state index contributed by atoms with van der Waals surface area (Å²) in [6.45, 7) is 22.8. The zero-order valence-corrected chi connectivity index (χ0v) is 50.3. The van der Waals surface area contributed by atoms with Crippen molar-refractivity contribution in [2.75, 3.05) is 0 Å². The molecule has 0 N–H and O–H groups in total. The Hall–Kier alpha value is -8.11. The summed E-state index contributed by atoms with van der Waals surface area (Å²) in [5.74, 6) is 1.72. The van der Waals surface area contributed by atoms with Crippen LogP contribution in [0.3, 0.4) is 0 Å². The third-order valence-corrected chi connectivity index (χ3v) is 17.3. The van der Waals surface area contributed by atoms with E-state index in [-0.39, 0.29) is 60.4 Å². The van der Waals surface area contributed by atoms with Gasteiger partial charge in [0.2, 0.25) is 0 Å². The number of hydrogen-bond donors (Lipinski definition) is 0. The molecule has 0 spiro atoms. The maximum atomic E-state index is 9.42. The smallest absolute Gasteiger partial charge is 0.268 e. The van der Waals surface area contributed by atoms with Crippen LogP contribution in [0.15, 0.2) is 194 Å². The molecule has 0 fully saturated rings. The molecule has 82 heavy (non-hydrogen) atoms. The Morgan fingerprint density at radius 2 is 1.17 bits per heavy atom. The number of fused-ring (bicyclic) bond motifs is 11. The van der Waals surface area contributed by atoms with Gasteiger partial charge in [0.1, 0.15) is 5.82 Å². The minimum atomic E-state index is -0.447. The van der Waals surface area contributed by atoms with Crippen LogP contribution in [-0.4, -0.2) is 14.1 Å². The topological polar surface area (TPSA) is 35.9 Å². The average molecular weight is 1250 g/mol. The first-order valence-corrected chi connectivity index (χ1v) is 28.2. The second kappa shape index (κ2) is 19.5. The monoisotopic (exact) mass is 1250 g/mol. The predicted octanol–water partition coefficient (Wildman–Crippen LogP) is 19.2. The largest absolute Gasteiger partial charge is 0.510 e. The normalized spacial score (nSPS) is 15.1. The van der Waals surface area contributed by atoms with Crippen LogP contribution in [-0.2, 0) is 42.7 Å². The molecule has 6 heteroatoms. The first kappa shape index (κ1) is 47.5. The van der Waals surface area contributed by atoms with Crippen molar-refractivity contribution in [1.82, 2.24) is 14.1 Å². The van der Waals surface area contributed by atoms with Crippen molar-refractivity contribution in [3.63, 3.8) is 0 Å². The van der Waals surface area contributed by atoms with Gasteiger partial charge < -0.3 is 13.9 Å². The zero-order chi connectivity index (χ0) is 60.1. The van der Waals surface area contributed by atoms with Crippen LogP contribution in [0.4, 0.5) is 0 Å². The molecule has 0 atom stereocenters. The second-order valence-corrected chi connectivity index (χ2v) is 25.5. The van der Waals surface area contributed by atoms with Gasteiger partial charge >= 0.3 is 0 Å². The summed E-state index contributed by atoms with van der Waals surface area (Å²) >= 11 is 0. The van der Waals surface area contributed by atoms with Crippen LogP contribution in [0.25, 0.3) is 106 Å². The standard InChI is InChI=1S/C76H66N4O.Pt/c1-73(2,3)51-32-30-49(31-33-51)56-27-19-28-61-63-46-66-65(75(7,8)37-38-76(66,9)10)45-62(63)57-24-14-15-25-58(57)64-40-50(48-20-12-11-13-21-48)41-69-72(64)79(71(56)61)47-78(69)53-22-18-23-54(43-53)81-55-34-35-60-59-26-16-17-29-67(59)80(68(60)44-55)70-42-52(36-39-77-70)74(4,5)6;/h11-36,39-42,45-46H,37-38H2,1-10H3;/q-2;/i11D,12D,13D,20D,21D;. The van der Waals surface area contributed by atoms with Crippen molar-refractivity contribution in [1.29, 1.82) is 0 Å². The fourth-order valence-electron chi connectivity index (χ4n) is 12.6. The third-order valence-electron chi connectivity index (χ3n) is 17.3. The molecule has 408 valence electrons. The zero-order valence-electron chi connectivity index (χ0n) is 53.0. The summed E-state index contributed by atoms with van der Waals surface area (Å²) < 4.78 is 58.5. The van der Waals surface area contributed by atoms with Gasteiger partial charge in [0, 0.05) is 44.3 Å². The van der Waals surface area contributed by atoms with Gasteiger partial charge in [-0.1, -0.05) is 202 Å². The summed E-state index contributed by atoms with van der Waals surface area (Å²) in [6, 6.07) is 60.9. The van der Waals surface area contributed by atoms with Gasteiger partial charge in [0.05, 0.1) is 23.6 Å². The fourth-order valence-corrected chi connectivity index (χ4v) is 12.6. The maximum absolute atomic E-state index is 9.42. The van der Waals surface area contributed by atoms with E-state index < -0.39 is 18.1 Å². The SMILES string of the molecule is [2H]c1c([2H])c([2H])c(-c2cc3c4c(c2)n(-c2[c-]c(Oc5[c-]c6c(cc5)c5ccccc5n6-c5cc(C(C)(C)C)ccn5)ccc2)[c-][n+]4-c2c(-c4ccc(C(C)(C)C)cc4)cccc2-c2cc4c(cc2-c2ccccc2-3)C(C)(C)CCC4(C)C)c([2H])c1[2H].[Pt]. The summed E-state index contributed by atoms with van der Waals surface area (Å²) in [5.41, 5.74) is 18.1. The molecule has 3 aromatic heterocycles. The fraction of sp³-hybridized carbons (Fsp3) is 0.211. The quantitative estimate of drug-likeness (QED) is 0.123. The van der Waals surface area contributed by atoms with Gasteiger partial charge in [-0.2, -0.15) is 18.2 Å². The number of hydrogen-bond acceptors (Lipinski definition) is 2. The molecule has 0 saturated heterocycles. The van der Waals surface area contributed by atoms with E-state index in [1.54, 1.807) is 0 Å². The molecule has 0 unspecified atom stereocenters. The number of pyridine rings is 1. The van der Waals surface area contributed by atoms with Crippen LogP contribution < -0.4 is 9.30 Å². The Morgan fingerprint density at radius 1 is 0.537 bits per heavy atom. The molecule has 5 nitrogen and oxygen atoms in total. The molecule has 0 amide bonds. The number of imidazole rings is 1. The molecule has 1 aliphatic heterocycles. The summed E-state index contributed by atoms with van der Waals surface area (Å²) in [4.78, 5) is 4.90. The minimum absolute atomic E-state index is 0. The van der Waals surface area contributed by atoms with Crippen LogP contribution in [0.2, 0.25) is 0 Å². The van der Waals surface area contributed by atoms with E-state index in [0.29, 0.717) is 28.3 Å². The molecule has 14 rings (SSSR count).